The normalized spacial score (nSPS) is 12.4. The molecule has 0 unspecified atom stereocenters. The molecule has 6 heteroatoms. The summed E-state index contributed by atoms with van der Waals surface area (Å²) in [5, 5.41) is 0. The number of hydrogen-bond acceptors (Lipinski definition) is 6. The van der Waals surface area contributed by atoms with E-state index in [1.54, 1.807) is 0 Å². The molecule has 0 N–H and O–H groups in total. The van der Waals surface area contributed by atoms with Gasteiger partial charge in [0.2, 0.25) is 0 Å². The van der Waals surface area contributed by atoms with Gasteiger partial charge in [0.15, 0.2) is 6.10 Å². The second kappa shape index (κ2) is 53.0. The van der Waals surface area contributed by atoms with Crippen LogP contribution in [0.15, 0.2) is 48.6 Å². The molecule has 0 aliphatic rings. The maximum atomic E-state index is 12.8. The molecule has 0 aromatic heterocycles. The summed E-state index contributed by atoms with van der Waals surface area (Å²) in [6.07, 6.45) is 63.8. The fourth-order valence-corrected chi connectivity index (χ4v) is 7.81. The second-order valence-corrected chi connectivity index (χ2v) is 18.5. The van der Waals surface area contributed by atoms with Gasteiger partial charge in [-0.3, -0.25) is 14.4 Å². The monoisotopic (exact) mass is 897 g/mol. The van der Waals surface area contributed by atoms with Crippen LogP contribution in [0.2, 0.25) is 0 Å². The van der Waals surface area contributed by atoms with Crippen LogP contribution in [0.3, 0.4) is 0 Å². The van der Waals surface area contributed by atoms with Crippen LogP contribution in [-0.4, -0.2) is 37.2 Å². The van der Waals surface area contributed by atoms with E-state index in [9.17, 15) is 14.4 Å². The summed E-state index contributed by atoms with van der Waals surface area (Å²) in [6, 6.07) is 0. The SMILES string of the molecule is CCCCC/C=C\C/C=C\CCCCCCCCCCCC(=O)OC[C@@H](COC(=O)CCCCCCC/C=C\CCCCC)OC(=O)CCCCCCC/C=C\CCCCCCCC. The number of unbranched alkanes of at least 4 members (excludes halogenated alkanes) is 31. The Labute approximate surface area is 397 Å². The van der Waals surface area contributed by atoms with Crippen LogP contribution in [0.4, 0.5) is 0 Å². The first-order valence-electron chi connectivity index (χ1n) is 27.6. The molecule has 64 heavy (non-hydrogen) atoms. The van der Waals surface area contributed by atoms with Gasteiger partial charge in [0, 0.05) is 19.3 Å². The fraction of sp³-hybridized carbons (Fsp3) is 0.810. The van der Waals surface area contributed by atoms with E-state index >= 15 is 0 Å². The molecule has 0 spiro atoms. The first kappa shape index (κ1) is 61.4. The van der Waals surface area contributed by atoms with Crippen molar-refractivity contribution in [2.24, 2.45) is 0 Å². The van der Waals surface area contributed by atoms with Crippen molar-refractivity contribution in [1.82, 2.24) is 0 Å². The topological polar surface area (TPSA) is 78.9 Å². The minimum atomic E-state index is -0.781. The molecule has 0 saturated carbocycles. The molecule has 0 rings (SSSR count). The average Bonchev–Trinajstić information content (AvgIpc) is 3.29. The molecule has 0 heterocycles. The highest BCUT2D eigenvalue weighted by atomic mass is 16.6. The van der Waals surface area contributed by atoms with Gasteiger partial charge in [-0.1, -0.05) is 211 Å². The summed E-state index contributed by atoms with van der Waals surface area (Å²) in [6.45, 7) is 6.59. The van der Waals surface area contributed by atoms with Gasteiger partial charge in [-0.2, -0.15) is 0 Å². The van der Waals surface area contributed by atoms with Gasteiger partial charge in [-0.15, -0.1) is 0 Å². The van der Waals surface area contributed by atoms with Crippen molar-refractivity contribution in [2.75, 3.05) is 13.2 Å². The molecule has 0 fully saturated rings. The van der Waals surface area contributed by atoms with E-state index in [-0.39, 0.29) is 31.1 Å². The number of carbonyl (C=O) groups is 3. The summed E-state index contributed by atoms with van der Waals surface area (Å²) in [4.78, 5) is 38.0. The lowest BCUT2D eigenvalue weighted by Gasteiger charge is -2.18. The van der Waals surface area contributed by atoms with Crippen molar-refractivity contribution >= 4 is 17.9 Å². The number of ether oxygens (including phenoxy) is 3. The highest BCUT2D eigenvalue weighted by molar-refractivity contribution is 5.71. The van der Waals surface area contributed by atoms with Crippen LogP contribution in [-0.2, 0) is 28.6 Å². The van der Waals surface area contributed by atoms with E-state index in [2.05, 4.69) is 69.4 Å². The Kier molecular flexibility index (Phi) is 50.8. The predicted octanol–water partition coefficient (Wildman–Crippen LogP) is 18.3. The summed E-state index contributed by atoms with van der Waals surface area (Å²) in [5.74, 6) is -0.892. The van der Waals surface area contributed by atoms with Gasteiger partial charge in [0.25, 0.3) is 0 Å². The van der Waals surface area contributed by atoms with Crippen molar-refractivity contribution in [1.29, 1.82) is 0 Å². The van der Waals surface area contributed by atoms with Gasteiger partial charge in [0.05, 0.1) is 0 Å². The second-order valence-electron chi connectivity index (χ2n) is 18.5. The lowest BCUT2D eigenvalue weighted by Crippen LogP contribution is -2.30. The van der Waals surface area contributed by atoms with E-state index < -0.39 is 6.10 Å². The fourth-order valence-electron chi connectivity index (χ4n) is 7.81. The third-order valence-corrected chi connectivity index (χ3v) is 12.0. The zero-order chi connectivity index (χ0) is 46.5. The molecule has 0 aliphatic heterocycles. The minimum absolute atomic E-state index is 0.0801. The Morgan fingerprint density at radius 2 is 0.562 bits per heavy atom. The third-order valence-electron chi connectivity index (χ3n) is 12.0. The maximum absolute atomic E-state index is 12.8. The number of esters is 3. The molecule has 0 amide bonds. The lowest BCUT2D eigenvalue weighted by atomic mass is 10.1. The van der Waals surface area contributed by atoms with Crippen LogP contribution in [0.5, 0.6) is 0 Å². The molecule has 0 aromatic carbocycles. The molecule has 1 atom stereocenters. The van der Waals surface area contributed by atoms with E-state index in [1.807, 2.05) is 0 Å². The van der Waals surface area contributed by atoms with Gasteiger partial charge in [0.1, 0.15) is 13.2 Å². The van der Waals surface area contributed by atoms with Gasteiger partial charge < -0.3 is 14.2 Å². The van der Waals surface area contributed by atoms with Gasteiger partial charge >= 0.3 is 17.9 Å². The molecular weight excluding hydrogens is 793 g/mol. The molecule has 0 aromatic rings. The molecule has 372 valence electrons. The maximum Gasteiger partial charge on any atom is 0.306 e. The molecule has 0 aliphatic carbocycles. The Balaban J connectivity index is 4.35. The van der Waals surface area contributed by atoms with E-state index in [0.717, 1.165) is 83.5 Å². The zero-order valence-corrected chi connectivity index (χ0v) is 42.6. The first-order chi connectivity index (χ1) is 31.5. The number of rotatable bonds is 50. The van der Waals surface area contributed by atoms with Crippen LogP contribution < -0.4 is 0 Å². The summed E-state index contributed by atoms with van der Waals surface area (Å²) in [7, 11) is 0. The van der Waals surface area contributed by atoms with Crippen molar-refractivity contribution in [3.05, 3.63) is 48.6 Å². The molecule has 0 radical (unpaired) electrons. The lowest BCUT2D eigenvalue weighted by molar-refractivity contribution is -0.167. The number of allylic oxidation sites excluding steroid dienone is 8. The van der Waals surface area contributed by atoms with Crippen LogP contribution in [0, 0.1) is 0 Å². The third kappa shape index (κ3) is 50.4. The Morgan fingerprint density at radius 3 is 0.906 bits per heavy atom. The Morgan fingerprint density at radius 1 is 0.312 bits per heavy atom. The average molecular weight is 897 g/mol. The highest BCUT2D eigenvalue weighted by Gasteiger charge is 2.19. The van der Waals surface area contributed by atoms with E-state index in [4.69, 9.17) is 14.2 Å². The smallest absolute Gasteiger partial charge is 0.306 e. The Bertz CT molecular complexity index is 1120. The first-order valence-corrected chi connectivity index (χ1v) is 27.6. The zero-order valence-electron chi connectivity index (χ0n) is 42.6. The molecule has 6 nitrogen and oxygen atoms in total. The van der Waals surface area contributed by atoms with Crippen LogP contribution in [0.25, 0.3) is 0 Å². The van der Waals surface area contributed by atoms with E-state index in [1.165, 1.54) is 161 Å². The number of hydrogen-bond donors (Lipinski definition) is 0. The van der Waals surface area contributed by atoms with Crippen molar-refractivity contribution in [2.45, 2.75) is 290 Å². The van der Waals surface area contributed by atoms with Gasteiger partial charge in [-0.25, -0.2) is 0 Å². The molecule has 0 saturated heterocycles. The molecule has 0 bridgehead atoms. The van der Waals surface area contributed by atoms with Crippen LogP contribution >= 0.6 is 0 Å². The largest absolute Gasteiger partial charge is 0.462 e. The summed E-state index contributed by atoms with van der Waals surface area (Å²) in [5.41, 5.74) is 0. The number of carbonyl (C=O) groups excluding carboxylic acids is 3. The molecular formula is C58H104O6. The Hall–Kier alpha value is -2.63. The van der Waals surface area contributed by atoms with Crippen LogP contribution in [0.1, 0.15) is 284 Å². The quantitative estimate of drug-likeness (QED) is 0.0262. The van der Waals surface area contributed by atoms with Crippen molar-refractivity contribution in [3.8, 4) is 0 Å². The van der Waals surface area contributed by atoms with Crippen molar-refractivity contribution < 1.29 is 28.6 Å². The summed E-state index contributed by atoms with van der Waals surface area (Å²) >= 11 is 0. The van der Waals surface area contributed by atoms with E-state index in [0.29, 0.717) is 19.3 Å². The van der Waals surface area contributed by atoms with Crippen molar-refractivity contribution in [3.63, 3.8) is 0 Å². The highest BCUT2D eigenvalue weighted by Crippen LogP contribution is 2.15. The minimum Gasteiger partial charge on any atom is -0.462 e. The van der Waals surface area contributed by atoms with Gasteiger partial charge in [-0.05, 0) is 103 Å². The summed E-state index contributed by atoms with van der Waals surface area (Å²) < 4.78 is 16.8. The standard InChI is InChI=1S/C58H104O6/c1-4-7-10-13-16-19-22-25-27-28-29-30-32-33-36-39-42-45-48-51-57(60)63-54-55(53-62-56(59)50-47-44-41-38-35-24-21-18-15-12-9-6-3)64-58(61)52-49-46-43-40-37-34-31-26-23-20-17-14-11-8-5-2/h16,18-19,21,25-27,31,55H,4-15,17,20,22-24,28-30,32-54H2,1-3H3/b19-16-,21-18-,27-25-,31-26-/t55-/m1/s1. The predicted molar refractivity (Wildman–Crippen MR) is 275 cm³/mol.